The van der Waals surface area contributed by atoms with Gasteiger partial charge in [0, 0.05) is 12.7 Å². The van der Waals surface area contributed by atoms with Crippen LogP contribution in [0.3, 0.4) is 0 Å². The first kappa shape index (κ1) is 10.9. The number of aromatic nitrogens is 1. The van der Waals surface area contributed by atoms with Crippen LogP contribution in [0.4, 0.5) is 5.69 Å². The van der Waals surface area contributed by atoms with Crippen LogP contribution >= 0.6 is 0 Å². The van der Waals surface area contributed by atoms with Gasteiger partial charge in [-0.25, -0.2) is 8.42 Å². The van der Waals surface area contributed by atoms with Gasteiger partial charge in [0.15, 0.2) is 0 Å². The third kappa shape index (κ3) is 3.71. The van der Waals surface area contributed by atoms with Crippen molar-refractivity contribution in [3.05, 3.63) is 24.5 Å². The Balaban J connectivity index is 2.60. The van der Waals surface area contributed by atoms with Gasteiger partial charge in [-0.3, -0.25) is 9.71 Å². The van der Waals surface area contributed by atoms with Gasteiger partial charge < -0.3 is 5.32 Å². The Kier molecular flexibility index (Phi) is 3.84. The van der Waals surface area contributed by atoms with Crippen molar-refractivity contribution < 1.29 is 8.42 Å². The molecule has 1 heterocycles. The van der Waals surface area contributed by atoms with Gasteiger partial charge in [0.05, 0.1) is 17.6 Å². The molecule has 0 amide bonds. The van der Waals surface area contributed by atoms with E-state index in [0.29, 0.717) is 12.2 Å². The van der Waals surface area contributed by atoms with E-state index in [1.165, 1.54) is 6.20 Å². The fourth-order valence-electron chi connectivity index (χ4n) is 0.890. The van der Waals surface area contributed by atoms with E-state index >= 15 is 0 Å². The summed E-state index contributed by atoms with van der Waals surface area (Å²) in [5.74, 6) is 0.0540. The Morgan fingerprint density at radius 1 is 1.50 bits per heavy atom. The molecule has 0 radical (unpaired) electrons. The Bertz CT molecular complexity index is 363. The smallest absolute Gasteiger partial charge is 0.234 e. The van der Waals surface area contributed by atoms with E-state index in [4.69, 9.17) is 0 Å². The van der Waals surface area contributed by atoms with Crippen molar-refractivity contribution in [2.24, 2.45) is 0 Å². The predicted molar refractivity (Wildman–Crippen MR) is 55.6 cm³/mol. The van der Waals surface area contributed by atoms with Crippen LogP contribution in [0.2, 0.25) is 0 Å². The topological polar surface area (TPSA) is 71.1 Å². The molecule has 0 bridgehead atoms. The lowest BCUT2D eigenvalue weighted by Gasteiger charge is -2.06. The monoisotopic (exact) mass is 215 g/mol. The largest absolute Gasteiger partial charge is 0.319 e. The molecule has 14 heavy (non-hydrogen) atoms. The molecule has 78 valence electrons. The molecule has 2 N–H and O–H groups in total. The quantitative estimate of drug-likeness (QED) is 0.727. The first-order chi connectivity index (χ1) is 6.64. The lowest BCUT2D eigenvalue weighted by atomic mass is 10.4. The highest BCUT2D eigenvalue weighted by molar-refractivity contribution is 7.92. The van der Waals surface area contributed by atoms with Crippen molar-refractivity contribution >= 4 is 15.7 Å². The van der Waals surface area contributed by atoms with Gasteiger partial charge >= 0.3 is 0 Å². The number of hydrogen-bond donors (Lipinski definition) is 2. The van der Waals surface area contributed by atoms with Crippen LogP contribution < -0.4 is 10.0 Å². The second-order valence-corrected chi connectivity index (χ2v) is 4.61. The van der Waals surface area contributed by atoms with Crippen LogP contribution in [-0.4, -0.2) is 32.7 Å². The maximum absolute atomic E-state index is 11.4. The molecule has 0 atom stereocenters. The predicted octanol–water partition coefficient (Wildman–Crippen LogP) is 0.0427. The maximum atomic E-state index is 11.4. The van der Waals surface area contributed by atoms with Crippen LogP contribution in [0.1, 0.15) is 0 Å². The van der Waals surface area contributed by atoms with Crippen molar-refractivity contribution in [1.82, 2.24) is 10.3 Å². The minimum absolute atomic E-state index is 0.0540. The van der Waals surface area contributed by atoms with E-state index in [1.54, 1.807) is 25.4 Å². The normalized spacial score (nSPS) is 11.2. The highest BCUT2D eigenvalue weighted by Crippen LogP contribution is 2.05. The van der Waals surface area contributed by atoms with Crippen molar-refractivity contribution in [3.8, 4) is 0 Å². The first-order valence-corrected chi connectivity index (χ1v) is 5.84. The van der Waals surface area contributed by atoms with E-state index in [2.05, 4.69) is 15.0 Å². The fraction of sp³-hybridized carbons (Fsp3) is 0.375. The molecule has 0 aliphatic rings. The molecule has 0 aliphatic carbocycles. The number of rotatable bonds is 5. The molecule has 1 aromatic rings. The van der Waals surface area contributed by atoms with Crippen molar-refractivity contribution in [1.29, 1.82) is 0 Å². The van der Waals surface area contributed by atoms with Gasteiger partial charge in [0.25, 0.3) is 0 Å². The number of nitrogens with zero attached hydrogens (tertiary/aromatic N) is 1. The summed E-state index contributed by atoms with van der Waals surface area (Å²) in [5, 5.41) is 2.77. The van der Waals surface area contributed by atoms with Crippen molar-refractivity contribution in [2.45, 2.75) is 0 Å². The summed E-state index contributed by atoms with van der Waals surface area (Å²) in [4.78, 5) is 3.81. The molecular formula is C8H13N3O2S. The fourth-order valence-corrected chi connectivity index (χ4v) is 1.94. The molecule has 0 spiro atoms. The lowest BCUT2D eigenvalue weighted by molar-refractivity contribution is 0.598. The van der Waals surface area contributed by atoms with E-state index in [1.807, 2.05) is 0 Å². The van der Waals surface area contributed by atoms with Gasteiger partial charge in [0.2, 0.25) is 10.0 Å². The third-order valence-electron chi connectivity index (χ3n) is 1.56. The second kappa shape index (κ2) is 4.92. The molecular weight excluding hydrogens is 202 g/mol. The van der Waals surface area contributed by atoms with E-state index in [0.717, 1.165) is 0 Å². The number of pyridine rings is 1. The Morgan fingerprint density at radius 2 is 2.29 bits per heavy atom. The van der Waals surface area contributed by atoms with Gasteiger partial charge in [0.1, 0.15) is 0 Å². The van der Waals surface area contributed by atoms with Crippen LogP contribution in [0.5, 0.6) is 0 Å². The van der Waals surface area contributed by atoms with Gasteiger partial charge in [-0.15, -0.1) is 0 Å². The highest BCUT2D eigenvalue weighted by atomic mass is 32.2. The molecule has 6 heteroatoms. The van der Waals surface area contributed by atoms with Gasteiger partial charge in [-0.1, -0.05) is 0 Å². The van der Waals surface area contributed by atoms with E-state index in [-0.39, 0.29) is 5.75 Å². The number of nitrogens with one attached hydrogen (secondary N) is 2. The van der Waals surface area contributed by atoms with Crippen LogP contribution in [0.25, 0.3) is 0 Å². The molecule has 0 fully saturated rings. The molecule has 0 unspecified atom stereocenters. The number of hydrogen-bond acceptors (Lipinski definition) is 4. The highest BCUT2D eigenvalue weighted by Gasteiger charge is 2.08. The van der Waals surface area contributed by atoms with E-state index in [9.17, 15) is 8.42 Å². The Morgan fingerprint density at radius 3 is 2.86 bits per heavy atom. The summed E-state index contributed by atoms with van der Waals surface area (Å²) in [7, 11) is -1.54. The average molecular weight is 215 g/mol. The summed E-state index contributed by atoms with van der Waals surface area (Å²) < 4.78 is 25.2. The molecule has 0 saturated carbocycles. The molecule has 1 aromatic heterocycles. The summed E-state index contributed by atoms with van der Waals surface area (Å²) in [5.41, 5.74) is 0.489. The van der Waals surface area contributed by atoms with Crippen LogP contribution in [-0.2, 0) is 10.0 Å². The molecule has 1 rings (SSSR count). The first-order valence-electron chi connectivity index (χ1n) is 4.19. The SMILES string of the molecule is CNCCS(=O)(=O)Nc1cccnc1. The maximum Gasteiger partial charge on any atom is 0.234 e. The Labute approximate surface area is 83.6 Å². The summed E-state index contributed by atoms with van der Waals surface area (Å²) >= 11 is 0. The van der Waals surface area contributed by atoms with Crippen LogP contribution in [0, 0.1) is 0 Å². The standard InChI is InChI=1S/C8H13N3O2S/c1-9-5-6-14(12,13)11-8-3-2-4-10-7-8/h2-4,7,9,11H,5-6H2,1H3. The summed E-state index contributed by atoms with van der Waals surface area (Å²) in [6.45, 7) is 0.426. The third-order valence-corrected chi connectivity index (χ3v) is 2.84. The molecule has 0 aliphatic heterocycles. The molecule has 0 saturated heterocycles. The minimum atomic E-state index is -3.25. The summed E-state index contributed by atoms with van der Waals surface area (Å²) in [6, 6.07) is 3.33. The number of anilines is 1. The zero-order chi connectivity index (χ0) is 10.4. The van der Waals surface area contributed by atoms with Gasteiger partial charge in [-0.05, 0) is 19.2 Å². The zero-order valence-corrected chi connectivity index (χ0v) is 8.71. The van der Waals surface area contributed by atoms with Crippen LogP contribution in [0.15, 0.2) is 24.5 Å². The minimum Gasteiger partial charge on any atom is -0.319 e. The molecule has 0 aromatic carbocycles. The second-order valence-electron chi connectivity index (χ2n) is 2.77. The summed E-state index contributed by atoms with van der Waals surface area (Å²) in [6.07, 6.45) is 3.06. The van der Waals surface area contributed by atoms with Crippen molar-refractivity contribution in [2.75, 3.05) is 24.1 Å². The van der Waals surface area contributed by atoms with Gasteiger partial charge in [-0.2, -0.15) is 0 Å². The van der Waals surface area contributed by atoms with E-state index < -0.39 is 10.0 Å². The molecule has 5 nitrogen and oxygen atoms in total. The lowest BCUT2D eigenvalue weighted by Crippen LogP contribution is -2.24. The zero-order valence-electron chi connectivity index (χ0n) is 7.90. The average Bonchev–Trinajstić information content (AvgIpc) is 2.16. The van der Waals surface area contributed by atoms with Crippen molar-refractivity contribution in [3.63, 3.8) is 0 Å². The Hall–Kier alpha value is -1.14. The number of sulfonamides is 1.